The molecule has 1 fully saturated rings. The van der Waals surface area contributed by atoms with Crippen molar-refractivity contribution in [2.45, 2.75) is 17.1 Å². The molecular weight excluding hydrogens is 491 g/mol. The summed E-state index contributed by atoms with van der Waals surface area (Å²) in [7, 11) is -4.48. The number of amides is 2. The molecule has 2 aliphatic rings. The Labute approximate surface area is 197 Å². The predicted octanol–water partition coefficient (Wildman–Crippen LogP) is 1.53. The van der Waals surface area contributed by atoms with Gasteiger partial charge in [0, 0.05) is 19.6 Å². The van der Waals surface area contributed by atoms with Crippen LogP contribution in [0.3, 0.4) is 0 Å². The molecule has 2 N–H and O–H groups in total. The summed E-state index contributed by atoms with van der Waals surface area (Å²) in [6, 6.07) is 9.31. The van der Waals surface area contributed by atoms with Crippen LogP contribution in [-0.4, -0.2) is 66.2 Å². The Morgan fingerprint density at radius 1 is 0.971 bits per heavy atom. The van der Waals surface area contributed by atoms with Crippen molar-refractivity contribution in [3.8, 4) is 0 Å². The van der Waals surface area contributed by atoms with Crippen molar-refractivity contribution in [2.24, 2.45) is 0 Å². The predicted molar refractivity (Wildman–Crippen MR) is 115 cm³/mol. The monoisotopic (exact) mass is 509 g/mol. The van der Waals surface area contributed by atoms with Gasteiger partial charge in [-0.3, -0.25) is 19.7 Å². The number of nitrogens with zero attached hydrogens (tertiary/aromatic N) is 2. The zero-order valence-corrected chi connectivity index (χ0v) is 18.6. The van der Waals surface area contributed by atoms with E-state index < -0.39 is 57.0 Å². The van der Waals surface area contributed by atoms with Crippen molar-refractivity contribution < 1.29 is 41.1 Å². The standard InChI is InChI=1S/C22H18F3N3O6S/c23-22(24,25)14-6-8-15(9-7-14)35(33,34)28-11-10-27(12-16(28)21(31)32)18-17(19(29)26-20(18)30)13-4-2-1-3-5-13/h1-9,16H,10-12H2,(H,31,32)(H,26,29,30)/t16-/m1/s1. The summed E-state index contributed by atoms with van der Waals surface area (Å²) < 4.78 is 65.4. The van der Waals surface area contributed by atoms with Crippen LogP contribution in [0.25, 0.3) is 5.57 Å². The Kier molecular flexibility index (Phi) is 6.15. The maximum Gasteiger partial charge on any atom is 0.416 e. The van der Waals surface area contributed by atoms with Gasteiger partial charge in [0.15, 0.2) is 0 Å². The molecule has 0 unspecified atom stereocenters. The van der Waals surface area contributed by atoms with Gasteiger partial charge in [-0.05, 0) is 29.8 Å². The summed E-state index contributed by atoms with van der Waals surface area (Å²) in [5, 5.41) is 11.9. The molecule has 1 saturated heterocycles. The van der Waals surface area contributed by atoms with Crippen molar-refractivity contribution in [1.82, 2.24) is 14.5 Å². The van der Waals surface area contributed by atoms with E-state index in [0.717, 1.165) is 12.1 Å². The number of carbonyl (C=O) groups is 3. The van der Waals surface area contributed by atoms with Crippen LogP contribution < -0.4 is 5.32 Å². The van der Waals surface area contributed by atoms with Crippen LogP contribution in [0.1, 0.15) is 11.1 Å². The van der Waals surface area contributed by atoms with Gasteiger partial charge in [0.05, 0.1) is 16.0 Å². The molecule has 1 atom stereocenters. The van der Waals surface area contributed by atoms with E-state index >= 15 is 0 Å². The lowest BCUT2D eigenvalue weighted by Crippen LogP contribution is -2.58. The van der Waals surface area contributed by atoms with Crippen molar-refractivity contribution in [3.63, 3.8) is 0 Å². The summed E-state index contributed by atoms with van der Waals surface area (Å²) in [6.07, 6.45) is -4.67. The molecular formula is C22H18F3N3O6S. The zero-order valence-electron chi connectivity index (χ0n) is 17.8. The second-order valence-electron chi connectivity index (χ2n) is 7.81. The molecule has 0 aromatic heterocycles. The lowest BCUT2D eigenvalue weighted by molar-refractivity contribution is -0.143. The highest BCUT2D eigenvalue weighted by molar-refractivity contribution is 7.89. The maximum absolute atomic E-state index is 13.1. The van der Waals surface area contributed by atoms with Gasteiger partial charge in [0.25, 0.3) is 11.8 Å². The number of hydrogen-bond acceptors (Lipinski definition) is 6. The fraction of sp³-hybridized carbons (Fsp3) is 0.227. The molecule has 9 nitrogen and oxygen atoms in total. The largest absolute Gasteiger partial charge is 0.480 e. The van der Waals surface area contributed by atoms with E-state index in [1.807, 2.05) is 0 Å². The summed E-state index contributed by atoms with van der Waals surface area (Å²) in [6.45, 7) is -0.967. The van der Waals surface area contributed by atoms with Crippen LogP contribution >= 0.6 is 0 Å². The van der Waals surface area contributed by atoms with Gasteiger partial charge in [-0.15, -0.1) is 0 Å². The van der Waals surface area contributed by atoms with Gasteiger partial charge >= 0.3 is 12.1 Å². The summed E-state index contributed by atoms with van der Waals surface area (Å²) in [4.78, 5) is 37.9. The van der Waals surface area contributed by atoms with Gasteiger partial charge in [0.2, 0.25) is 10.0 Å². The number of alkyl halides is 3. The number of halogens is 3. The number of imide groups is 1. The molecule has 2 amide bonds. The molecule has 2 aromatic carbocycles. The highest BCUT2D eigenvalue weighted by atomic mass is 32.2. The molecule has 0 bridgehead atoms. The van der Waals surface area contributed by atoms with E-state index in [1.165, 1.54) is 4.90 Å². The number of nitrogens with one attached hydrogen (secondary N) is 1. The molecule has 2 heterocycles. The zero-order chi connectivity index (χ0) is 25.5. The Morgan fingerprint density at radius 2 is 1.60 bits per heavy atom. The molecule has 2 aliphatic heterocycles. The van der Waals surface area contributed by atoms with E-state index in [4.69, 9.17) is 0 Å². The number of benzene rings is 2. The van der Waals surface area contributed by atoms with Crippen LogP contribution in [-0.2, 0) is 30.6 Å². The molecule has 13 heteroatoms. The van der Waals surface area contributed by atoms with E-state index in [9.17, 15) is 41.1 Å². The second kappa shape index (κ2) is 8.82. The van der Waals surface area contributed by atoms with Gasteiger partial charge < -0.3 is 10.0 Å². The lowest BCUT2D eigenvalue weighted by atomic mass is 10.0. The van der Waals surface area contributed by atoms with Crippen molar-refractivity contribution in [2.75, 3.05) is 19.6 Å². The van der Waals surface area contributed by atoms with Crippen LogP contribution in [0.15, 0.2) is 65.2 Å². The highest BCUT2D eigenvalue weighted by Crippen LogP contribution is 2.32. The van der Waals surface area contributed by atoms with Gasteiger partial charge in [0.1, 0.15) is 11.7 Å². The van der Waals surface area contributed by atoms with Gasteiger partial charge in [-0.25, -0.2) is 8.42 Å². The summed E-state index contributed by atoms with van der Waals surface area (Å²) in [5.41, 5.74) is -0.649. The van der Waals surface area contributed by atoms with Crippen molar-refractivity contribution in [1.29, 1.82) is 0 Å². The third-order valence-corrected chi connectivity index (χ3v) is 7.61. The first-order chi connectivity index (χ1) is 16.4. The molecule has 0 aliphatic carbocycles. The van der Waals surface area contributed by atoms with E-state index in [1.54, 1.807) is 30.3 Å². The lowest BCUT2D eigenvalue weighted by Gasteiger charge is -2.39. The minimum atomic E-state index is -4.67. The first-order valence-corrected chi connectivity index (χ1v) is 11.7. The smallest absolute Gasteiger partial charge is 0.416 e. The van der Waals surface area contributed by atoms with Gasteiger partial charge in [-0.2, -0.15) is 17.5 Å². The van der Waals surface area contributed by atoms with E-state index in [0.29, 0.717) is 22.0 Å². The Morgan fingerprint density at radius 3 is 2.17 bits per heavy atom. The van der Waals surface area contributed by atoms with Crippen LogP contribution in [0.2, 0.25) is 0 Å². The van der Waals surface area contributed by atoms with Gasteiger partial charge in [-0.1, -0.05) is 30.3 Å². The minimum absolute atomic E-state index is 0.0405. The number of rotatable bonds is 5. The van der Waals surface area contributed by atoms with Crippen LogP contribution in [0, 0.1) is 0 Å². The molecule has 35 heavy (non-hydrogen) atoms. The number of hydrogen-bond donors (Lipinski definition) is 2. The molecule has 0 spiro atoms. The molecule has 0 radical (unpaired) electrons. The first-order valence-electron chi connectivity index (χ1n) is 10.2. The van der Waals surface area contributed by atoms with E-state index in [2.05, 4.69) is 5.32 Å². The van der Waals surface area contributed by atoms with Crippen LogP contribution in [0.4, 0.5) is 13.2 Å². The second-order valence-corrected chi connectivity index (χ2v) is 9.70. The molecule has 4 rings (SSSR count). The fourth-order valence-corrected chi connectivity index (χ4v) is 5.59. The van der Waals surface area contributed by atoms with Crippen molar-refractivity contribution >= 4 is 33.4 Å². The number of carboxylic acids is 1. The Bertz CT molecular complexity index is 1320. The number of piperazine rings is 1. The topological polar surface area (TPSA) is 124 Å². The molecule has 2 aromatic rings. The SMILES string of the molecule is O=C1NC(=O)C(N2CCN(S(=O)(=O)c3ccc(C(F)(F)F)cc3)[C@@H](C(=O)O)C2)=C1c1ccccc1. The number of carbonyl (C=O) groups excluding carboxylic acids is 2. The Hall–Kier alpha value is -3.71. The number of carboxylic acid groups (broad SMARTS) is 1. The van der Waals surface area contributed by atoms with Crippen molar-refractivity contribution in [3.05, 3.63) is 71.4 Å². The average Bonchev–Trinajstić information content (AvgIpc) is 3.12. The normalized spacial score (nSPS) is 19.7. The summed E-state index contributed by atoms with van der Waals surface area (Å²) in [5.74, 6) is -2.92. The maximum atomic E-state index is 13.1. The highest BCUT2D eigenvalue weighted by Gasteiger charge is 2.44. The average molecular weight is 509 g/mol. The Balaban J connectivity index is 1.67. The number of sulfonamides is 1. The summed E-state index contributed by atoms with van der Waals surface area (Å²) >= 11 is 0. The van der Waals surface area contributed by atoms with E-state index in [-0.39, 0.29) is 24.4 Å². The fourth-order valence-electron chi connectivity index (χ4n) is 4.03. The number of aliphatic carboxylic acids is 1. The van der Waals surface area contributed by atoms with Crippen LogP contribution in [0.5, 0.6) is 0 Å². The molecule has 0 saturated carbocycles. The quantitative estimate of drug-likeness (QED) is 0.586. The minimum Gasteiger partial charge on any atom is -0.480 e. The third-order valence-electron chi connectivity index (χ3n) is 5.69. The first kappa shape index (κ1) is 24.4. The molecule has 184 valence electrons. The third kappa shape index (κ3) is 4.51.